The van der Waals surface area contributed by atoms with E-state index in [1.807, 2.05) is 34.0 Å². The molecule has 0 saturated heterocycles. The van der Waals surface area contributed by atoms with E-state index < -0.39 is 7.15 Å². The topological polar surface area (TPSA) is 158 Å². The molecular weight excluding hydrogens is 1360 g/mol. The van der Waals surface area contributed by atoms with E-state index in [9.17, 15) is 4.39 Å². The second-order valence-corrected chi connectivity index (χ2v) is 28.1. The van der Waals surface area contributed by atoms with E-state index in [1.54, 1.807) is 19.0 Å². The third-order valence-corrected chi connectivity index (χ3v) is 22.7. The molecule has 0 amide bonds. The van der Waals surface area contributed by atoms with Crippen molar-refractivity contribution in [3.05, 3.63) is 122 Å². The summed E-state index contributed by atoms with van der Waals surface area (Å²) in [4.78, 5) is 48.5. The molecule has 14 rings (SSSR count). The van der Waals surface area contributed by atoms with E-state index in [-0.39, 0.29) is 137 Å². The molecule has 0 radical (unpaired) electrons. The van der Waals surface area contributed by atoms with Crippen molar-refractivity contribution >= 4 is 99.5 Å². The Morgan fingerprint density at radius 1 is 0.587 bits per heavy atom. The number of halogens is 3. The summed E-state index contributed by atoms with van der Waals surface area (Å²) in [5.74, 6) is 4.33. The van der Waals surface area contributed by atoms with Gasteiger partial charge in [0.1, 0.15) is 51.8 Å². The number of carbonyl (C=O) groups excluding carboxylic acids is 1. The van der Waals surface area contributed by atoms with Gasteiger partial charge in [0.25, 0.3) is 6.47 Å². The number of ether oxygens (including phenoxy) is 3. The molecule has 0 aliphatic heterocycles. The van der Waals surface area contributed by atoms with Crippen LogP contribution in [0.25, 0.3) is 30.6 Å². The zero-order chi connectivity index (χ0) is 62.2. The van der Waals surface area contributed by atoms with Crippen LogP contribution in [-0.4, -0.2) is 91.7 Å². The van der Waals surface area contributed by atoms with Gasteiger partial charge in [-0.3, -0.25) is 9.18 Å². The summed E-state index contributed by atoms with van der Waals surface area (Å²) in [5.41, 5.74) is 7.26. The summed E-state index contributed by atoms with van der Waals surface area (Å²) in [5, 5.41) is 13.2. The number of aromatic nitrogens is 6. The minimum absolute atomic E-state index is 0. The average molecular weight is 1450 g/mol. The predicted molar refractivity (Wildman–Crippen MR) is 374 cm³/mol. The van der Waals surface area contributed by atoms with Crippen molar-refractivity contribution in [2.24, 2.45) is 11.8 Å². The van der Waals surface area contributed by atoms with Crippen LogP contribution in [-0.2, 0) is 61.0 Å². The maximum absolute atomic E-state index is 9.96. The van der Waals surface area contributed by atoms with Crippen molar-refractivity contribution < 1.29 is 139 Å². The Morgan fingerprint density at radius 3 is 1.25 bits per heavy atom. The fourth-order valence-corrected chi connectivity index (χ4v) is 17.6. The Balaban J connectivity index is 0.000000264. The summed E-state index contributed by atoms with van der Waals surface area (Å²) in [7, 11) is 1.29. The maximum Gasteiger partial charge on any atom is 1.00 e. The van der Waals surface area contributed by atoms with Gasteiger partial charge < -0.3 is 30.7 Å². The van der Waals surface area contributed by atoms with Gasteiger partial charge in [-0.15, -0.1) is 46.4 Å². The molecule has 0 atom stereocenters. The second-order valence-electron chi connectivity index (χ2n) is 24.1. The standard InChI is InChI=1S/C25H31N3OS.2C17H22N2OS.C9H11Br.CH3F.CH2O3.CH4.ClH.2K.H/c1-28(16-6-9-18-7-3-2-4-8-18)19-12-14-20(15-13-19)29-24-23-21-10-5-11-22(21)30-25(23)27-17-26-24;2*1-2-11-6-8-12(9-7-11)20-16-15-13-4-3-5-14(13)21-17(15)19-10-18-16;10-8-4-7-9-5-2-1-3-6-9;1-2;2-1-4-3;;;;;/h2-4,7-8,17,19-20H,5-6,9-16H2,1H3;2*10-12H,2-9H2,1H3;1-3,5-6H,4,7-8H2;1H3;1,3H;1H4;1H;;;/q;;;;;;;;2*+1;-1/p-1/i;;;;1D;;;;;;. The minimum Gasteiger partial charge on any atom is -1.00 e. The van der Waals surface area contributed by atoms with Crippen molar-refractivity contribution in [1.82, 2.24) is 34.8 Å². The van der Waals surface area contributed by atoms with Gasteiger partial charge in [0.05, 0.1) is 24.7 Å². The number of aryl methyl sites for hydroxylation is 8. The Morgan fingerprint density at radius 2 is 0.924 bits per heavy atom. The normalized spacial score (nSPS) is 19.9. The van der Waals surface area contributed by atoms with E-state index in [4.69, 9.17) is 25.6 Å². The van der Waals surface area contributed by atoms with E-state index >= 15 is 0 Å². The minimum atomic E-state index is -1.00. The van der Waals surface area contributed by atoms with Gasteiger partial charge in [-0.05, 0) is 214 Å². The van der Waals surface area contributed by atoms with Crippen molar-refractivity contribution in [3.8, 4) is 17.6 Å². The molecule has 492 valence electrons. The third-order valence-electron chi connectivity index (χ3n) is 18.5. The molecule has 3 saturated carbocycles. The molecule has 6 aliphatic carbocycles. The number of rotatable bonds is 17. The summed E-state index contributed by atoms with van der Waals surface area (Å²) >= 11 is 8.91. The van der Waals surface area contributed by atoms with Crippen LogP contribution in [0, 0.1) is 11.8 Å². The molecule has 3 fully saturated rings. The Labute approximate surface area is 661 Å². The fraction of sp³-hybridized carbons (Fsp3) is 0.563. The first-order chi connectivity index (χ1) is 43.7. The Bertz CT molecular complexity index is 3290. The summed E-state index contributed by atoms with van der Waals surface area (Å²) in [6.45, 7) is 5.58. The van der Waals surface area contributed by atoms with E-state index in [2.05, 4.69) is 137 Å². The SMILES string of the molecule is BrCCCc1ccccc1.C.CCC1CCC(Oc2ncnc3sc4c(c23)CCC4)CC1.CCC1CCC(Oc2ncnc3sc4c(c23)CCC4)CC1.CN(CCCc1ccccc1)C1CCC(Oc2ncnc3sc4c(c23)CCC4)CC1.Cl.O=CO[O-].[2H]CF.[H-].[K+].[K+]. The number of hydrogen-bond acceptors (Lipinski definition) is 16. The number of hydrogen-bond donors (Lipinski definition) is 0. The molecule has 8 aromatic rings. The van der Waals surface area contributed by atoms with E-state index in [1.165, 1.54) is 213 Å². The van der Waals surface area contributed by atoms with Gasteiger partial charge in [0, 0.05) is 26.0 Å². The zero-order valence-corrected chi connectivity index (χ0v) is 65.3. The van der Waals surface area contributed by atoms with Crippen LogP contribution in [0.3, 0.4) is 0 Å². The van der Waals surface area contributed by atoms with Gasteiger partial charge in [0.2, 0.25) is 17.6 Å². The molecule has 6 heterocycles. The molecule has 2 aromatic carbocycles. The van der Waals surface area contributed by atoms with Crippen LogP contribution in [0.5, 0.6) is 17.6 Å². The molecule has 0 bridgehead atoms. The largest absolute Gasteiger partial charge is 1.00 e. The molecule has 6 aromatic heterocycles. The van der Waals surface area contributed by atoms with Gasteiger partial charge in [-0.1, -0.05) is 111 Å². The Hall–Kier alpha value is -1.68. The van der Waals surface area contributed by atoms with Crippen molar-refractivity contribution in [1.29, 1.82) is 0 Å². The molecule has 13 nitrogen and oxygen atoms in total. The summed E-state index contributed by atoms with van der Waals surface area (Å²) in [6.07, 6.45) is 38.9. The number of nitrogens with zero attached hydrogens (tertiary/aromatic N) is 7. The van der Waals surface area contributed by atoms with Crippen LogP contribution in [0.2, 0.25) is 0 Å². The maximum atomic E-state index is 9.96. The number of carbonyl (C=O) groups is 1. The predicted octanol–water partition coefficient (Wildman–Crippen LogP) is 11.7. The average Bonchev–Trinajstić information content (AvgIpc) is 1.64. The van der Waals surface area contributed by atoms with Crippen molar-refractivity contribution in [3.63, 3.8) is 0 Å². The summed E-state index contributed by atoms with van der Waals surface area (Å²) in [6, 6.07) is 22.1. The molecule has 0 unspecified atom stereocenters. The van der Waals surface area contributed by atoms with Crippen LogP contribution in [0.4, 0.5) is 4.39 Å². The van der Waals surface area contributed by atoms with Gasteiger partial charge in [0.15, 0.2) is 0 Å². The zero-order valence-electron chi connectivity index (χ0n) is 56.2. The third kappa shape index (κ3) is 22.9. The number of alkyl halides is 2. The molecule has 21 heteroatoms. The van der Waals surface area contributed by atoms with Gasteiger partial charge in [-0.2, -0.15) is 0 Å². The van der Waals surface area contributed by atoms with Crippen molar-refractivity contribution in [2.45, 2.75) is 219 Å². The van der Waals surface area contributed by atoms with Crippen LogP contribution in [0.1, 0.15) is 189 Å². The molecule has 6 aliphatic rings. The first kappa shape index (κ1) is 79.3. The number of fused-ring (bicyclic) bond motifs is 9. The number of thiophene rings is 3. The van der Waals surface area contributed by atoms with Gasteiger partial charge in [-0.25, -0.2) is 29.9 Å². The van der Waals surface area contributed by atoms with E-state index in [0.29, 0.717) is 18.2 Å². The van der Waals surface area contributed by atoms with Gasteiger partial charge >= 0.3 is 103 Å². The quantitative estimate of drug-likeness (QED) is 0.0279. The van der Waals surface area contributed by atoms with Crippen LogP contribution in [0.15, 0.2) is 79.6 Å². The molecule has 0 N–H and O–H groups in total. The monoisotopic (exact) mass is 1450 g/mol. The molecular formula is C71H96BrClFK2N7O6S3. The molecule has 0 spiro atoms. The van der Waals surface area contributed by atoms with Crippen LogP contribution < -0.4 is 122 Å². The first-order valence-electron chi connectivity index (χ1n) is 33.1. The fourth-order valence-electron chi connectivity index (χ4n) is 13.6. The molecule has 92 heavy (non-hydrogen) atoms. The smallest absolute Gasteiger partial charge is 1.00 e. The van der Waals surface area contributed by atoms with E-state index in [0.717, 1.165) is 75.0 Å². The Kier molecular flexibility index (Phi) is 37.6. The second kappa shape index (κ2) is 43.7. The number of benzene rings is 2. The van der Waals surface area contributed by atoms with Crippen LogP contribution >= 0.6 is 62.3 Å². The van der Waals surface area contributed by atoms with Crippen molar-refractivity contribution in [2.75, 3.05) is 26.1 Å². The summed E-state index contributed by atoms with van der Waals surface area (Å²) < 4.78 is 34.6. The first-order valence-corrected chi connectivity index (χ1v) is 36.0.